The summed E-state index contributed by atoms with van der Waals surface area (Å²) in [7, 11) is 0. The lowest BCUT2D eigenvalue weighted by Crippen LogP contribution is -2.46. The van der Waals surface area contributed by atoms with Gasteiger partial charge in [-0.1, -0.05) is 30.3 Å². The first-order valence-corrected chi connectivity index (χ1v) is 6.65. The van der Waals surface area contributed by atoms with E-state index in [4.69, 9.17) is 4.74 Å². The van der Waals surface area contributed by atoms with Gasteiger partial charge in [-0.25, -0.2) is 0 Å². The first-order valence-electron chi connectivity index (χ1n) is 6.65. The van der Waals surface area contributed by atoms with Crippen LogP contribution in [0.1, 0.15) is 32.3 Å². The molecule has 0 radical (unpaired) electrons. The minimum Gasteiger partial charge on any atom is -0.466 e. The molecule has 0 fully saturated rings. The third-order valence-electron chi connectivity index (χ3n) is 3.00. The maximum absolute atomic E-state index is 11.9. The number of benzene rings is 1. The van der Waals surface area contributed by atoms with E-state index in [2.05, 4.69) is 5.32 Å². The van der Waals surface area contributed by atoms with E-state index in [0.717, 1.165) is 5.56 Å². The van der Waals surface area contributed by atoms with E-state index in [9.17, 15) is 14.7 Å². The predicted octanol–water partition coefficient (Wildman–Crippen LogP) is 1.35. The third-order valence-corrected chi connectivity index (χ3v) is 3.00. The van der Waals surface area contributed by atoms with Crippen LogP contribution in [0.4, 0.5) is 0 Å². The molecule has 0 aliphatic heterocycles. The fourth-order valence-corrected chi connectivity index (χ4v) is 1.83. The largest absolute Gasteiger partial charge is 0.466 e. The number of aliphatic hydroxyl groups is 1. The molecule has 110 valence electrons. The van der Waals surface area contributed by atoms with Gasteiger partial charge in [-0.3, -0.25) is 9.59 Å². The maximum atomic E-state index is 11.9. The zero-order valence-electron chi connectivity index (χ0n) is 11.9. The van der Waals surface area contributed by atoms with E-state index in [1.54, 1.807) is 13.8 Å². The van der Waals surface area contributed by atoms with Crippen molar-refractivity contribution < 1.29 is 19.4 Å². The summed E-state index contributed by atoms with van der Waals surface area (Å²) in [6.07, 6.45) is 0.0806. The van der Waals surface area contributed by atoms with E-state index in [1.807, 2.05) is 30.3 Å². The Morgan fingerprint density at radius 1 is 1.25 bits per heavy atom. The van der Waals surface area contributed by atoms with Crippen molar-refractivity contribution in [2.24, 2.45) is 0 Å². The number of carbonyl (C=O) groups excluding carboxylic acids is 2. The number of hydrogen-bond acceptors (Lipinski definition) is 4. The van der Waals surface area contributed by atoms with Crippen LogP contribution in [0.3, 0.4) is 0 Å². The third kappa shape index (κ3) is 4.66. The van der Waals surface area contributed by atoms with Gasteiger partial charge < -0.3 is 15.2 Å². The number of esters is 1. The molecule has 20 heavy (non-hydrogen) atoms. The van der Waals surface area contributed by atoms with E-state index in [1.165, 1.54) is 0 Å². The molecular weight excluding hydrogens is 258 g/mol. The minimum absolute atomic E-state index is 0.0377. The van der Waals surface area contributed by atoms with Crippen LogP contribution in [-0.4, -0.2) is 30.2 Å². The monoisotopic (exact) mass is 279 g/mol. The highest BCUT2D eigenvalue weighted by Crippen LogP contribution is 2.20. The molecule has 0 heterocycles. The smallest absolute Gasteiger partial charge is 0.306 e. The summed E-state index contributed by atoms with van der Waals surface area (Å²) in [5, 5.41) is 12.3. The molecule has 0 aromatic heterocycles. The highest BCUT2D eigenvalue weighted by atomic mass is 16.5. The second-order valence-corrected chi connectivity index (χ2v) is 4.71. The fourth-order valence-electron chi connectivity index (χ4n) is 1.83. The molecule has 1 unspecified atom stereocenters. The molecule has 1 amide bonds. The number of amides is 1. The maximum Gasteiger partial charge on any atom is 0.306 e. The standard InChI is InChI=1S/C15H21NO4/c1-3-20-14(19)10-9-13(18)16-15(2,11-17)12-7-5-4-6-8-12/h4-8,17H,3,9-11H2,1-2H3,(H,16,18). The zero-order chi connectivity index (χ0) is 15.0. The molecule has 1 rings (SSSR count). The molecule has 5 heteroatoms. The van der Waals surface area contributed by atoms with Crippen molar-refractivity contribution in [1.82, 2.24) is 5.32 Å². The van der Waals surface area contributed by atoms with Crippen LogP contribution in [0.5, 0.6) is 0 Å². The van der Waals surface area contributed by atoms with Crippen LogP contribution in [-0.2, 0) is 19.9 Å². The summed E-state index contributed by atoms with van der Waals surface area (Å²) < 4.78 is 4.77. The summed E-state index contributed by atoms with van der Waals surface area (Å²) >= 11 is 0. The molecule has 0 aliphatic rings. The molecule has 0 spiro atoms. The Morgan fingerprint density at radius 2 is 1.90 bits per heavy atom. The Kier molecular flexibility index (Phi) is 6.18. The topological polar surface area (TPSA) is 75.6 Å². The summed E-state index contributed by atoms with van der Waals surface area (Å²) in [6.45, 7) is 3.54. The Balaban J connectivity index is 2.60. The highest BCUT2D eigenvalue weighted by molar-refractivity contribution is 5.81. The van der Waals surface area contributed by atoms with Crippen molar-refractivity contribution >= 4 is 11.9 Å². The average Bonchev–Trinajstić information content (AvgIpc) is 2.46. The van der Waals surface area contributed by atoms with Gasteiger partial charge in [-0.15, -0.1) is 0 Å². The second kappa shape index (κ2) is 7.65. The van der Waals surface area contributed by atoms with Crippen LogP contribution in [0.2, 0.25) is 0 Å². The number of hydrogen-bond donors (Lipinski definition) is 2. The Labute approximate surface area is 118 Å². The Hall–Kier alpha value is -1.88. The van der Waals surface area contributed by atoms with E-state index < -0.39 is 11.5 Å². The number of aliphatic hydroxyl groups excluding tert-OH is 1. The van der Waals surface area contributed by atoms with E-state index in [-0.39, 0.29) is 25.4 Å². The van der Waals surface area contributed by atoms with E-state index >= 15 is 0 Å². The van der Waals surface area contributed by atoms with Crippen LogP contribution in [0.25, 0.3) is 0 Å². The lowest BCUT2D eigenvalue weighted by Gasteiger charge is -2.29. The van der Waals surface area contributed by atoms with Gasteiger partial charge in [0.1, 0.15) is 0 Å². The average molecular weight is 279 g/mol. The summed E-state index contributed by atoms with van der Waals surface area (Å²) in [6, 6.07) is 9.22. The quantitative estimate of drug-likeness (QED) is 0.739. The fraction of sp³-hybridized carbons (Fsp3) is 0.467. The molecule has 2 N–H and O–H groups in total. The summed E-state index contributed by atoms with van der Waals surface area (Å²) in [5.41, 5.74) is -0.0421. The van der Waals surface area contributed by atoms with Gasteiger partial charge in [0.2, 0.25) is 5.91 Å². The van der Waals surface area contributed by atoms with Crippen molar-refractivity contribution in [3.05, 3.63) is 35.9 Å². The number of ether oxygens (including phenoxy) is 1. The second-order valence-electron chi connectivity index (χ2n) is 4.71. The van der Waals surface area contributed by atoms with Crippen LogP contribution >= 0.6 is 0 Å². The molecule has 0 aliphatic carbocycles. The molecule has 0 saturated heterocycles. The van der Waals surface area contributed by atoms with Crippen molar-refractivity contribution in [3.8, 4) is 0 Å². The van der Waals surface area contributed by atoms with Gasteiger partial charge in [-0.2, -0.15) is 0 Å². The first kappa shape index (κ1) is 16.2. The molecule has 1 atom stereocenters. The van der Waals surface area contributed by atoms with Gasteiger partial charge in [0, 0.05) is 6.42 Å². The van der Waals surface area contributed by atoms with Crippen molar-refractivity contribution in [2.75, 3.05) is 13.2 Å². The van der Waals surface area contributed by atoms with Crippen molar-refractivity contribution in [1.29, 1.82) is 0 Å². The van der Waals surface area contributed by atoms with Gasteiger partial charge in [0.25, 0.3) is 0 Å². The summed E-state index contributed by atoms with van der Waals surface area (Å²) in [5.74, 6) is -0.688. The van der Waals surface area contributed by atoms with Gasteiger partial charge in [0.05, 0.1) is 25.2 Å². The molecule has 0 bridgehead atoms. The van der Waals surface area contributed by atoms with Gasteiger partial charge in [-0.05, 0) is 19.4 Å². The number of nitrogens with one attached hydrogen (secondary N) is 1. The molecule has 1 aromatic rings. The lowest BCUT2D eigenvalue weighted by molar-refractivity contribution is -0.144. The molecule has 1 aromatic carbocycles. The molecule has 5 nitrogen and oxygen atoms in total. The zero-order valence-corrected chi connectivity index (χ0v) is 11.9. The highest BCUT2D eigenvalue weighted by Gasteiger charge is 2.27. The predicted molar refractivity (Wildman–Crippen MR) is 74.9 cm³/mol. The van der Waals surface area contributed by atoms with Crippen molar-refractivity contribution in [3.63, 3.8) is 0 Å². The van der Waals surface area contributed by atoms with Crippen molar-refractivity contribution in [2.45, 2.75) is 32.2 Å². The van der Waals surface area contributed by atoms with Gasteiger partial charge >= 0.3 is 5.97 Å². The van der Waals surface area contributed by atoms with Crippen LogP contribution < -0.4 is 5.32 Å². The van der Waals surface area contributed by atoms with Crippen LogP contribution in [0.15, 0.2) is 30.3 Å². The Morgan fingerprint density at radius 3 is 2.45 bits per heavy atom. The van der Waals surface area contributed by atoms with E-state index in [0.29, 0.717) is 6.61 Å². The number of carbonyl (C=O) groups is 2. The lowest BCUT2D eigenvalue weighted by atomic mass is 9.92. The number of rotatable bonds is 7. The Bertz CT molecular complexity index is 446. The minimum atomic E-state index is -0.854. The first-order chi connectivity index (χ1) is 9.51. The SMILES string of the molecule is CCOC(=O)CCC(=O)NC(C)(CO)c1ccccc1. The molecule has 0 saturated carbocycles. The van der Waals surface area contributed by atoms with Crippen LogP contribution in [0, 0.1) is 0 Å². The van der Waals surface area contributed by atoms with Gasteiger partial charge in [0.15, 0.2) is 0 Å². The summed E-state index contributed by atoms with van der Waals surface area (Å²) in [4.78, 5) is 23.1. The molecular formula is C15H21NO4. The normalized spacial score (nSPS) is 13.3.